The fraction of sp³-hybridized carbons (Fsp3) is 0.286. The van der Waals surface area contributed by atoms with E-state index in [0.717, 1.165) is 12.8 Å². The number of hydrogen-bond acceptors (Lipinski definition) is 2. The SMILES string of the molecule is CNC(CCc1cccs1)c1cc(I)ccc1Br. The molecule has 0 fully saturated rings. The number of halogens is 2. The zero-order chi connectivity index (χ0) is 13.0. The molecule has 1 aromatic heterocycles. The van der Waals surface area contributed by atoms with E-state index in [9.17, 15) is 0 Å². The van der Waals surface area contributed by atoms with Gasteiger partial charge in [0, 0.05) is 19.0 Å². The normalized spacial score (nSPS) is 12.6. The van der Waals surface area contributed by atoms with Gasteiger partial charge in [-0.25, -0.2) is 0 Å². The molecule has 0 saturated heterocycles. The minimum atomic E-state index is 0.399. The first-order valence-electron chi connectivity index (χ1n) is 5.85. The molecule has 96 valence electrons. The van der Waals surface area contributed by atoms with E-state index in [0.29, 0.717) is 6.04 Å². The Balaban J connectivity index is 2.10. The van der Waals surface area contributed by atoms with Gasteiger partial charge in [-0.05, 0) is 77.7 Å². The summed E-state index contributed by atoms with van der Waals surface area (Å²) in [4.78, 5) is 1.46. The van der Waals surface area contributed by atoms with Crippen molar-refractivity contribution in [3.8, 4) is 0 Å². The molecule has 0 aliphatic carbocycles. The first kappa shape index (κ1) is 14.5. The van der Waals surface area contributed by atoms with Crippen molar-refractivity contribution in [1.82, 2.24) is 5.32 Å². The van der Waals surface area contributed by atoms with E-state index in [2.05, 4.69) is 79.5 Å². The van der Waals surface area contributed by atoms with Gasteiger partial charge in [0.1, 0.15) is 0 Å². The summed E-state index contributed by atoms with van der Waals surface area (Å²) in [5, 5.41) is 5.56. The summed E-state index contributed by atoms with van der Waals surface area (Å²) in [5.41, 5.74) is 1.35. The molecule has 1 heterocycles. The van der Waals surface area contributed by atoms with Crippen LogP contribution >= 0.6 is 49.9 Å². The topological polar surface area (TPSA) is 12.0 Å². The van der Waals surface area contributed by atoms with E-state index in [1.54, 1.807) is 0 Å². The summed E-state index contributed by atoms with van der Waals surface area (Å²) in [6, 6.07) is 11.2. The lowest BCUT2D eigenvalue weighted by molar-refractivity contribution is 0.549. The van der Waals surface area contributed by atoms with Crippen molar-refractivity contribution in [1.29, 1.82) is 0 Å². The number of thiophene rings is 1. The lowest BCUT2D eigenvalue weighted by Crippen LogP contribution is -2.17. The number of benzene rings is 1. The summed E-state index contributed by atoms with van der Waals surface area (Å²) >= 11 is 7.85. The summed E-state index contributed by atoms with van der Waals surface area (Å²) in [6.45, 7) is 0. The van der Waals surface area contributed by atoms with Crippen LogP contribution in [0.5, 0.6) is 0 Å². The highest BCUT2D eigenvalue weighted by Gasteiger charge is 2.13. The van der Waals surface area contributed by atoms with E-state index in [1.807, 2.05) is 18.4 Å². The molecule has 18 heavy (non-hydrogen) atoms. The predicted octanol–water partition coefficient (Wildman–Crippen LogP) is 5.01. The van der Waals surface area contributed by atoms with Crippen molar-refractivity contribution in [3.63, 3.8) is 0 Å². The second kappa shape index (κ2) is 7.03. The van der Waals surface area contributed by atoms with Crippen molar-refractivity contribution in [2.75, 3.05) is 7.05 Å². The smallest absolute Gasteiger partial charge is 0.0332 e. The summed E-state index contributed by atoms with van der Waals surface area (Å²) < 4.78 is 2.47. The van der Waals surface area contributed by atoms with Gasteiger partial charge in [-0.1, -0.05) is 22.0 Å². The highest BCUT2D eigenvalue weighted by molar-refractivity contribution is 14.1. The Morgan fingerprint density at radius 1 is 1.39 bits per heavy atom. The van der Waals surface area contributed by atoms with Gasteiger partial charge in [-0.2, -0.15) is 0 Å². The van der Waals surface area contributed by atoms with Crippen LogP contribution in [0.2, 0.25) is 0 Å². The van der Waals surface area contributed by atoms with Gasteiger partial charge in [-0.3, -0.25) is 0 Å². The molecule has 0 amide bonds. The second-order valence-electron chi connectivity index (χ2n) is 4.13. The molecule has 1 atom stereocenters. The van der Waals surface area contributed by atoms with Crippen LogP contribution in [0, 0.1) is 3.57 Å². The Hall–Kier alpha value is 0.0900. The molecule has 1 nitrogen and oxygen atoms in total. The monoisotopic (exact) mass is 435 g/mol. The highest BCUT2D eigenvalue weighted by Crippen LogP contribution is 2.28. The van der Waals surface area contributed by atoms with Gasteiger partial charge in [-0.15, -0.1) is 11.3 Å². The Morgan fingerprint density at radius 2 is 2.22 bits per heavy atom. The van der Waals surface area contributed by atoms with Crippen molar-refractivity contribution in [2.24, 2.45) is 0 Å². The molecule has 0 aliphatic rings. The summed E-state index contributed by atoms with van der Waals surface area (Å²) in [7, 11) is 2.03. The largest absolute Gasteiger partial charge is 0.313 e. The van der Waals surface area contributed by atoms with E-state index >= 15 is 0 Å². The number of aryl methyl sites for hydroxylation is 1. The van der Waals surface area contributed by atoms with Crippen LogP contribution in [-0.4, -0.2) is 7.05 Å². The van der Waals surface area contributed by atoms with Gasteiger partial charge >= 0.3 is 0 Å². The maximum Gasteiger partial charge on any atom is 0.0332 e. The van der Waals surface area contributed by atoms with Gasteiger partial charge in [0.15, 0.2) is 0 Å². The standard InChI is InChI=1S/C14H15BrINS/c1-17-14(7-5-11-3-2-8-18-11)12-9-10(16)4-6-13(12)15/h2-4,6,8-9,14,17H,5,7H2,1H3. The van der Waals surface area contributed by atoms with Crippen LogP contribution < -0.4 is 5.32 Å². The lowest BCUT2D eigenvalue weighted by atomic mass is 10.0. The maximum absolute atomic E-state index is 3.65. The Bertz CT molecular complexity index is 499. The molecule has 0 bridgehead atoms. The minimum absolute atomic E-state index is 0.399. The number of rotatable bonds is 5. The van der Waals surface area contributed by atoms with Crippen LogP contribution in [0.3, 0.4) is 0 Å². The lowest BCUT2D eigenvalue weighted by Gasteiger charge is -2.18. The molecule has 1 N–H and O–H groups in total. The van der Waals surface area contributed by atoms with Crippen molar-refractivity contribution in [3.05, 3.63) is 54.2 Å². The van der Waals surface area contributed by atoms with Crippen LogP contribution in [0.1, 0.15) is 22.9 Å². The molecule has 2 aromatic rings. The molecule has 1 aromatic carbocycles. The van der Waals surface area contributed by atoms with Gasteiger partial charge < -0.3 is 5.32 Å². The Kier molecular flexibility index (Phi) is 5.66. The third kappa shape index (κ3) is 3.79. The third-order valence-corrected chi connectivity index (χ3v) is 5.27. The zero-order valence-corrected chi connectivity index (χ0v) is 14.7. The highest BCUT2D eigenvalue weighted by atomic mass is 127. The van der Waals surface area contributed by atoms with Crippen molar-refractivity contribution >= 4 is 49.9 Å². The predicted molar refractivity (Wildman–Crippen MR) is 91.3 cm³/mol. The fourth-order valence-electron chi connectivity index (χ4n) is 1.98. The van der Waals surface area contributed by atoms with Gasteiger partial charge in [0.25, 0.3) is 0 Å². The van der Waals surface area contributed by atoms with Crippen molar-refractivity contribution in [2.45, 2.75) is 18.9 Å². The average molecular weight is 436 g/mol. The molecule has 2 rings (SSSR count). The molecule has 4 heteroatoms. The molecule has 0 radical (unpaired) electrons. The molecule has 1 unspecified atom stereocenters. The number of hydrogen-bond donors (Lipinski definition) is 1. The molecule has 0 spiro atoms. The van der Waals surface area contributed by atoms with E-state index < -0.39 is 0 Å². The molecule has 0 aliphatic heterocycles. The van der Waals surface area contributed by atoms with Crippen LogP contribution in [0.25, 0.3) is 0 Å². The van der Waals surface area contributed by atoms with E-state index in [4.69, 9.17) is 0 Å². The molecule has 0 saturated carbocycles. The average Bonchev–Trinajstić information content (AvgIpc) is 2.87. The quantitative estimate of drug-likeness (QED) is 0.651. The van der Waals surface area contributed by atoms with Crippen LogP contribution in [0.4, 0.5) is 0 Å². The Morgan fingerprint density at radius 3 is 2.89 bits per heavy atom. The summed E-state index contributed by atoms with van der Waals surface area (Å²) in [5.74, 6) is 0. The van der Waals surface area contributed by atoms with E-state index in [1.165, 1.54) is 18.5 Å². The third-order valence-electron chi connectivity index (χ3n) is 2.94. The van der Waals surface area contributed by atoms with Crippen LogP contribution in [0.15, 0.2) is 40.2 Å². The molecular formula is C14H15BrINS. The van der Waals surface area contributed by atoms with Gasteiger partial charge in [0.2, 0.25) is 0 Å². The Labute approximate surface area is 134 Å². The molecular weight excluding hydrogens is 421 g/mol. The maximum atomic E-state index is 3.65. The zero-order valence-electron chi connectivity index (χ0n) is 10.1. The van der Waals surface area contributed by atoms with E-state index in [-0.39, 0.29) is 0 Å². The minimum Gasteiger partial charge on any atom is -0.313 e. The fourth-order valence-corrected chi connectivity index (χ4v) is 3.74. The first-order valence-corrected chi connectivity index (χ1v) is 8.60. The first-order chi connectivity index (χ1) is 8.70. The van der Waals surface area contributed by atoms with Crippen LogP contribution in [-0.2, 0) is 6.42 Å². The van der Waals surface area contributed by atoms with Gasteiger partial charge in [0.05, 0.1) is 0 Å². The number of nitrogens with one attached hydrogen (secondary N) is 1. The summed E-state index contributed by atoms with van der Waals surface area (Å²) in [6.07, 6.45) is 2.25. The second-order valence-corrected chi connectivity index (χ2v) is 7.26. The van der Waals surface area contributed by atoms with Crippen molar-refractivity contribution < 1.29 is 0 Å².